The van der Waals surface area contributed by atoms with Crippen molar-refractivity contribution >= 4 is 17.3 Å². The molecule has 8 heteroatoms. The Balaban J connectivity index is 2.04. The summed E-state index contributed by atoms with van der Waals surface area (Å²) in [6.07, 6.45) is 0. The molecule has 0 fully saturated rings. The van der Waals surface area contributed by atoms with E-state index < -0.39 is 34.8 Å². The standard InChI is InChI=1S/C14H10F2N2O4/c15-9-5-6-12(18(20)21)13(7-9)22-8-14(19)17-11-4-2-1-3-10(11)16/h1-7H,8H2,(H,17,19). The molecule has 0 aromatic heterocycles. The Hall–Kier alpha value is -3.03. The van der Waals surface area contributed by atoms with E-state index in [-0.39, 0.29) is 11.4 Å². The van der Waals surface area contributed by atoms with E-state index in [1.165, 1.54) is 18.2 Å². The van der Waals surface area contributed by atoms with Gasteiger partial charge < -0.3 is 10.1 Å². The molecule has 2 rings (SSSR count). The van der Waals surface area contributed by atoms with Crippen LogP contribution >= 0.6 is 0 Å². The van der Waals surface area contributed by atoms with Gasteiger partial charge in [-0.1, -0.05) is 12.1 Å². The minimum atomic E-state index is -0.760. The van der Waals surface area contributed by atoms with Gasteiger partial charge in [-0.05, 0) is 18.2 Å². The molecule has 0 atom stereocenters. The zero-order valence-corrected chi connectivity index (χ0v) is 11.1. The Morgan fingerprint density at radius 1 is 1.23 bits per heavy atom. The van der Waals surface area contributed by atoms with Crippen LogP contribution in [-0.4, -0.2) is 17.4 Å². The highest BCUT2D eigenvalue weighted by Crippen LogP contribution is 2.27. The van der Waals surface area contributed by atoms with Crippen LogP contribution in [0.1, 0.15) is 0 Å². The summed E-state index contributed by atoms with van der Waals surface area (Å²) in [5.74, 6) is -2.49. The number of hydrogen-bond donors (Lipinski definition) is 1. The van der Waals surface area contributed by atoms with Gasteiger partial charge in [0.15, 0.2) is 6.61 Å². The Bertz CT molecular complexity index is 722. The molecule has 1 N–H and O–H groups in total. The first-order valence-electron chi connectivity index (χ1n) is 6.08. The lowest BCUT2D eigenvalue weighted by atomic mass is 10.3. The molecule has 0 radical (unpaired) electrons. The Kier molecular flexibility index (Phi) is 4.62. The highest BCUT2D eigenvalue weighted by Gasteiger charge is 2.17. The fourth-order valence-electron chi connectivity index (χ4n) is 1.65. The molecule has 0 unspecified atom stereocenters. The normalized spacial score (nSPS) is 10.1. The number of para-hydroxylation sites is 1. The molecule has 0 bridgehead atoms. The summed E-state index contributed by atoms with van der Waals surface area (Å²) < 4.78 is 31.4. The van der Waals surface area contributed by atoms with Crippen LogP contribution in [-0.2, 0) is 4.79 Å². The smallest absolute Gasteiger partial charge is 0.311 e. The third-order valence-electron chi connectivity index (χ3n) is 2.63. The van der Waals surface area contributed by atoms with E-state index in [4.69, 9.17) is 4.74 Å². The Labute approximate surface area is 123 Å². The minimum Gasteiger partial charge on any atom is -0.477 e. The van der Waals surface area contributed by atoms with Crippen molar-refractivity contribution in [1.82, 2.24) is 0 Å². The molecular weight excluding hydrogens is 298 g/mol. The van der Waals surface area contributed by atoms with Crippen molar-refractivity contribution in [2.45, 2.75) is 0 Å². The predicted octanol–water partition coefficient (Wildman–Crippen LogP) is 2.89. The van der Waals surface area contributed by atoms with Gasteiger partial charge in [-0.2, -0.15) is 0 Å². The zero-order chi connectivity index (χ0) is 16.1. The summed E-state index contributed by atoms with van der Waals surface area (Å²) in [5, 5.41) is 13.0. The number of anilines is 1. The molecule has 0 aliphatic rings. The topological polar surface area (TPSA) is 81.5 Å². The second-order valence-electron chi connectivity index (χ2n) is 4.19. The highest BCUT2D eigenvalue weighted by atomic mass is 19.1. The van der Waals surface area contributed by atoms with E-state index in [2.05, 4.69) is 5.32 Å². The lowest BCUT2D eigenvalue weighted by Crippen LogP contribution is -2.21. The first-order chi connectivity index (χ1) is 10.5. The average Bonchev–Trinajstić information content (AvgIpc) is 2.47. The second kappa shape index (κ2) is 6.61. The zero-order valence-electron chi connectivity index (χ0n) is 11.1. The molecule has 2 aromatic carbocycles. The van der Waals surface area contributed by atoms with E-state index in [9.17, 15) is 23.7 Å². The summed E-state index contributed by atoms with van der Waals surface area (Å²) in [5.41, 5.74) is -0.523. The summed E-state index contributed by atoms with van der Waals surface area (Å²) in [4.78, 5) is 21.6. The van der Waals surface area contributed by atoms with E-state index in [1.54, 1.807) is 0 Å². The van der Waals surface area contributed by atoms with E-state index in [0.29, 0.717) is 0 Å². The van der Waals surface area contributed by atoms with Crippen LogP contribution in [0.4, 0.5) is 20.2 Å². The predicted molar refractivity (Wildman–Crippen MR) is 73.6 cm³/mol. The second-order valence-corrected chi connectivity index (χ2v) is 4.19. The van der Waals surface area contributed by atoms with Crippen molar-refractivity contribution in [2.24, 2.45) is 0 Å². The number of benzene rings is 2. The van der Waals surface area contributed by atoms with Crippen LogP contribution < -0.4 is 10.1 Å². The molecule has 22 heavy (non-hydrogen) atoms. The monoisotopic (exact) mass is 308 g/mol. The van der Waals surface area contributed by atoms with Crippen molar-refractivity contribution in [2.75, 3.05) is 11.9 Å². The molecule has 0 aliphatic heterocycles. The van der Waals surface area contributed by atoms with Crippen molar-refractivity contribution in [3.05, 3.63) is 64.2 Å². The molecule has 0 saturated heterocycles. The Morgan fingerprint density at radius 3 is 2.64 bits per heavy atom. The van der Waals surface area contributed by atoms with Crippen molar-refractivity contribution < 1.29 is 23.2 Å². The first-order valence-corrected chi connectivity index (χ1v) is 6.08. The fourth-order valence-corrected chi connectivity index (χ4v) is 1.65. The Morgan fingerprint density at radius 2 is 1.95 bits per heavy atom. The molecule has 0 heterocycles. The largest absolute Gasteiger partial charge is 0.477 e. The molecule has 0 aliphatic carbocycles. The number of carbonyl (C=O) groups is 1. The molecule has 2 aromatic rings. The van der Waals surface area contributed by atoms with Crippen LogP contribution in [0, 0.1) is 21.7 Å². The van der Waals surface area contributed by atoms with Gasteiger partial charge in [0.05, 0.1) is 10.6 Å². The maximum absolute atomic E-state index is 13.3. The number of nitro groups is 1. The quantitative estimate of drug-likeness (QED) is 0.680. The number of ether oxygens (including phenoxy) is 1. The van der Waals surface area contributed by atoms with Crippen LogP contribution in [0.3, 0.4) is 0 Å². The molecule has 0 spiro atoms. The van der Waals surface area contributed by atoms with E-state index in [0.717, 1.165) is 24.3 Å². The summed E-state index contributed by atoms with van der Waals surface area (Å²) in [7, 11) is 0. The van der Waals surface area contributed by atoms with Crippen molar-refractivity contribution in [1.29, 1.82) is 0 Å². The number of amides is 1. The summed E-state index contributed by atoms with van der Waals surface area (Å²) in [6, 6.07) is 8.12. The third kappa shape index (κ3) is 3.75. The van der Waals surface area contributed by atoms with Crippen LogP contribution in [0.2, 0.25) is 0 Å². The van der Waals surface area contributed by atoms with Crippen LogP contribution in [0.25, 0.3) is 0 Å². The minimum absolute atomic E-state index is 0.0511. The fraction of sp³-hybridized carbons (Fsp3) is 0.0714. The third-order valence-corrected chi connectivity index (χ3v) is 2.63. The number of nitro benzene ring substituents is 1. The lowest BCUT2D eigenvalue weighted by Gasteiger charge is -2.08. The van der Waals surface area contributed by atoms with Gasteiger partial charge in [-0.3, -0.25) is 14.9 Å². The summed E-state index contributed by atoms with van der Waals surface area (Å²) in [6.45, 7) is -0.626. The number of nitrogens with zero attached hydrogens (tertiary/aromatic N) is 1. The van der Waals surface area contributed by atoms with E-state index >= 15 is 0 Å². The number of carbonyl (C=O) groups excluding carboxylic acids is 1. The number of rotatable bonds is 5. The molecule has 114 valence electrons. The van der Waals surface area contributed by atoms with Gasteiger partial charge in [-0.25, -0.2) is 8.78 Å². The van der Waals surface area contributed by atoms with Gasteiger partial charge >= 0.3 is 5.69 Å². The number of halogens is 2. The van der Waals surface area contributed by atoms with E-state index in [1.807, 2.05) is 0 Å². The average molecular weight is 308 g/mol. The first kappa shape index (κ1) is 15.4. The maximum atomic E-state index is 13.3. The van der Waals surface area contributed by atoms with Gasteiger partial charge in [0.1, 0.15) is 11.6 Å². The summed E-state index contributed by atoms with van der Waals surface area (Å²) >= 11 is 0. The van der Waals surface area contributed by atoms with Gasteiger partial charge in [0.2, 0.25) is 5.75 Å². The SMILES string of the molecule is O=C(COc1cc(F)ccc1[N+](=O)[O-])Nc1ccccc1F. The van der Waals surface area contributed by atoms with Crippen LogP contribution in [0.15, 0.2) is 42.5 Å². The molecular formula is C14H10F2N2O4. The molecule has 0 saturated carbocycles. The van der Waals surface area contributed by atoms with Gasteiger partial charge in [0, 0.05) is 12.1 Å². The highest BCUT2D eigenvalue weighted by molar-refractivity contribution is 5.92. The molecule has 1 amide bonds. The lowest BCUT2D eigenvalue weighted by molar-refractivity contribution is -0.385. The molecule has 6 nitrogen and oxygen atoms in total. The maximum Gasteiger partial charge on any atom is 0.311 e. The number of hydrogen-bond acceptors (Lipinski definition) is 4. The number of nitrogens with one attached hydrogen (secondary N) is 1. The van der Waals surface area contributed by atoms with Crippen LogP contribution in [0.5, 0.6) is 5.75 Å². The van der Waals surface area contributed by atoms with Crippen molar-refractivity contribution in [3.63, 3.8) is 0 Å². The van der Waals surface area contributed by atoms with Crippen molar-refractivity contribution in [3.8, 4) is 5.75 Å². The van der Waals surface area contributed by atoms with Gasteiger partial charge in [0.25, 0.3) is 5.91 Å². The van der Waals surface area contributed by atoms with Gasteiger partial charge in [-0.15, -0.1) is 0 Å².